The molecule has 6 N–H and O–H groups in total. The molecule has 180 valence electrons. The van der Waals surface area contributed by atoms with Gasteiger partial charge in [0.15, 0.2) is 0 Å². The number of nitrogens with one attached hydrogen (secondary N) is 2. The number of hydrogen-bond acceptors (Lipinski definition) is 8. The maximum atomic E-state index is 10.7. The van der Waals surface area contributed by atoms with Crippen LogP contribution in [0.15, 0.2) is 0 Å². The van der Waals surface area contributed by atoms with Gasteiger partial charge < -0.3 is 31.1 Å². The Morgan fingerprint density at radius 1 is 0.594 bits per heavy atom. The molecule has 2 amide bonds. The van der Waals surface area contributed by atoms with Crippen LogP contribution in [0.3, 0.4) is 0 Å². The quantitative estimate of drug-likeness (QED) is 0.167. The van der Waals surface area contributed by atoms with Crippen molar-refractivity contribution in [3.05, 3.63) is 0 Å². The Kier molecular flexibility index (Phi) is 15.1. The molecule has 0 fully saturated rings. The monoisotopic (exact) mass is 462 g/mol. The van der Waals surface area contributed by atoms with Gasteiger partial charge in [-0.05, 0) is 25.7 Å². The number of carboxylic acids is 4. The highest BCUT2D eigenvalue weighted by Gasteiger charge is 2.20. The highest BCUT2D eigenvalue weighted by atomic mass is 16.4. The zero-order chi connectivity index (χ0) is 25.4. The Bertz CT molecular complexity index is 684. The van der Waals surface area contributed by atoms with Crippen molar-refractivity contribution in [1.29, 1.82) is 0 Å². The second-order valence-corrected chi connectivity index (χ2v) is 6.42. The summed E-state index contributed by atoms with van der Waals surface area (Å²) in [5.74, 6) is -8.40. The molecule has 0 heterocycles. The normalized spacial score (nSPS) is 11.6. The van der Waals surface area contributed by atoms with Gasteiger partial charge in [0.2, 0.25) is 23.4 Å². The third-order valence-corrected chi connectivity index (χ3v) is 3.62. The summed E-state index contributed by atoms with van der Waals surface area (Å²) in [7, 11) is 0. The van der Waals surface area contributed by atoms with Crippen LogP contribution in [-0.4, -0.2) is 79.8 Å². The van der Waals surface area contributed by atoms with Gasteiger partial charge in [0.1, 0.15) is 12.1 Å². The van der Waals surface area contributed by atoms with E-state index in [2.05, 4.69) is 10.6 Å². The lowest BCUT2D eigenvalue weighted by atomic mass is 10.1. The van der Waals surface area contributed by atoms with Gasteiger partial charge >= 0.3 is 23.9 Å². The summed E-state index contributed by atoms with van der Waals surface area (Å²) in [5.41, 5.74) is 0. The first-order valence-corrected chi connectivity index (χ1v) is 9.21. The van der Waals surface area contributed by atoms with Crippen molar-refractivity contribution in [1.82, 2.24) is 10.6 Å². The van der Waals surface area contributed by atoms with E-state index in [1.54, 1.807) is 0 Å². The highest BCUT2D eigenvalue weighted by Crippen LogP contribution is 2.03. The first-order valence-electron chi connectivity index (χ1n) is 9.21. The van der Waals surface area contributed by atoms with Gasteiger partial charge in [-0.25, -0.2) is 19.2 Å². The lowest BCUT2D eigenvalue weighted by molar-refractivity contribution is -0.149. The molecule has 0 saturated heterocycles. The Balaban J connectivity index is 0. The van der Waals surface area contributed by atoms with Gasteiger partial charge in [-0.15, -0.1) is 0 Å². The van der Waals surface area contributed by atoms with E-state index in [4.69, 9.17) is 20.4 Å². The molecule has 0 aliphatic carbocycles. The number of rotatable bonds is 14. The van der Waals surface area contributed by atoms with Crippen molar-refractivity contribution in [2.75, 3.05) is 0 Å². The predicted octanol–water partition coefficient (Wildman–Crippen LogP) is -1.20. The van der Waals surface area contributed by atoms with E-state index in [1.165, 1.54) is 13.8 Å². The van der Waals surface area contributed by atoms with E-state index < -0.39 is 59.3 Å². The SMILES string of the molecule is CC(=O)N[C@@H](CCCC(=O)C(=O)O)C(=O)O.CC(=O)N[C@@H](CCCC(=O)C(=O)O)C(=O)O. The van der Waals surface area contributed by atoms with Gasteiger partial charge in [-0.1, -0.05) is 0 Å². The fourth-order valence-electron chi connectivity index (χ4n) is 2.15. The minimum absolute atomic E-state index is 0.0218. The minimum Gasteiger partial charge on any atom is -0.480 e. The zero-order valence-corrected chi connectivity index (χ0v) is 17.5. The second kappa shape index (κ2) is 15.9. The van der Waals surface area contributed by atoms with E-state index in [1.807, 2.05) is 0 Å². The van der Waals surface area contributed by atoms with Crippen molar-refractivity contribution >= 4 is 47.3 Å². The number of aliphatic carboxylic acids is 4. The predicted molar refractivity (Wildman–Crippen MR) is 103 cm³/mol. The first kappa shape index (κ1) is 30.4. The number of ketones is 2. The topological polar surface area (TPSA) is 242 Å². The first-order chi connectivity index (χ1) is 14.7. The molecule has 0 rings (SSSR count). The van der Waals surface area contributed by atoms with Crippen molar-refractivity contribution in [2.24, 2.45) is 0 Å². The number of Topliss-reactive ketones (excluding diaryl/α,β-unsaturated/α-hetero) is 2. The molecule has 0 bridgehead atoms. The molecular formula is C18H26N2O12. The largest absolute Gasteiger partial charge is 0.480 e. The molecular weight excluding hydrogens is 436 g/mol. The van der Waals surface area contributed by atoms with Gasteiger partial charge in [0.05, 0.1) is 0 Å². The lowest BCUT2D eigenvalue weighted by Crippen LogP contribution is -2.39. The summed E-state index contributed by atoms with van der Waals surface area (Å²) in [6.07, 6.45) is -0.232. The Hall–Kier alpha value is -3.84. The molecule has 2 atom stereocenters. The maximum absolute atomic E-state index is 10.7. The Morgan fingerprint density at radius 3 is 1.06 bits per heavy atom. The summed E-state index contributed by atoms with van der Waals surface area (Å²) in [6.45, 7) is 2.36. The molecule has 0 spiro atoms. The van der Waals surface area contributed by atoms with Crippen LogP contribution in [0.5, 0.6) is 0 Å². The van der Waals surface area contributed by atoms with E-state index in [-0.39, 0.29) is 38.5 Å². The van der Waals surface area contributed by atoms with E-state index in [9.17, 15) is 38.4 Å². The highest BCUT2D eigenvalue weighted by molar-refractivity contribution is 6.32. The summed E-state index contributed by atoms with van der Waals surface area (Å²) in [6, 6.07) is -2.17. The van der Waals surface area contributed by atoms with Gasteiger partial charge in [0.25, 0.3) is 0 Å². The van der Waals surface area contributed by atoms with Crippen molar-refractivity contribution < 1.29 is 58.8 Å². The van der Waals surface area contributed by atoms with Crippen LogP contribution in [0.25, 0.3) is 0 Å². The summed E-state index contributed by atoms with van der Waals surface area (Å²) in [5, 5.41) is 38.3. The van der Waals surface area contributed by atoms with Crippen LogP contribution in [0.2, 0.25) is 0 Å². The lowest BCUT2D eigenvalue weighted by Gasteiger charge is -2.11. The van der Waals surface area contributed by atoms with Crippen molar-refractivity contribution in [2.45, 2.75) is 64.5 Å². The second-order valence-electron chi connectivity index (χ2n) is 6.42. The summed E-state index contributed by atoms with van der Waals surface area (Å²) < 4.78 is 0. The van der Waals surface area contributed by atoms with E-state index >= 15 is 0 Å². The Labute approximate surface area is 182 Å². The fraction of sp³-hybridized carbons (Fsp3) is 0.556. The van der Waals surface area contributed by atoms with Crippen LogP contribution in [0.1, 0.15) is 52.4 Å². The molecule has 0 aliphatic heterocycles. The average Bonchev–Trinajstić information content (AvgIpc) is 2.65. The zero-order valence-electron chi connectivity index (χ0n) is 17.5. The summed E-state index contributed by atoms with van der Waals surface area (Å²) in [4.78, 5) is 84.2. The molecule has 0 aromatic heterocycles. The maximum Gasteiger partial charge on any atom is 0.372 e. The minimum atomic E-state index is -1.54. The third-order valence-electron chi connectivity index (χ3n) is 3.62. The molecule has 0 aromatic carbocycles. The standard InChI is InChI=1S/2C9H13NO6/c2*1-5(11)10-6(8(13)14)3-2-4-7(12)9(15)16/h2*6H,2-4H2,1H3,(H,10,11)(H,13,14)(H,15,16)/t2*6-/m00/s1. The van der Waals surface area contributed by atoms with Crippen LogP contribution in [0, 0.1) is 0 Å². The molecule has 0 radical (unpaired) electrons. The molecule has 0 unspecified atom stereocenters. The van der Waals surface area contributed by atoms with Crippen molar-refractivity contribution in [3.8, 4) is 0 Å². The van der Waals surface area contributed by atoms with Crippen LogP contribution in [-0.2, 0) is 38.4 Å². The third kappa shape index (κ3) is 16.0. The van der Waals surface area contributed by atoms with Gasteiger partial charge in [-0.3, -0.25) is 19.2 Å². The molecule has 32 heavy (non-hydrogen) atoms. The average molecular weight is 462 g/mol. The van der Waals surface area contributed by atoms with Crippen LogP contribution in [0.4, 0.5) is 0 Å². The molecule has 0 aromatic rings. The van der Waals surface area contributed by atoms with E-state index in [0.29, 0.717) is 0 Å². The van der Waals surface area contributed by atoms with Crippen LogP contribution >= 0.6 is 0 Å². The summed E-state index contributed by atoms with van der Waals surface area (Å²) >= 11 is 0. The number of amides is 2. The van der Waals surface area contributed by atoms with Gasteiger partial charge in [-0.2, -0.15) is 0 Å². The number of hydrogen-bond donors (Lipinski definition) is 6. The number of carbonyl (C=O) groups is 8. The Morgan fingerprint density at radius 2 is 0.875 bits per heavy atom. The number of carboxylic acid groups (broad SMARTS) is 4. The smallest absolute Gasteiger partial charge is 0.372 e. The molecule has 0 saturated carbocycles. The van der Waals surface area contributed by atoms with Crippen LogP contribution < -0.4 is 10.6 Å². The van der Waals surface area contributed by atoms with E-state index in [0.717, 1.165) is 0 Å². The molecule has 0 aliphatic rings. The molecule has 14 heteroatoms. The number of carbonyl (C=O) groups excluding carboxylic acids is 4. The fourth-order valence-corrected chi connectivity index (χ4v) is 2.15. The van der Waals surface area contributed by atoms with Crippen molar-refractivity contribution in [3.63, 3.8) is 0 Å². The van der Waals surface area contributed by atoms with Gasteiger partial charge in [0, 0.05) is 26.7 Å². The molecule has 14 nitrogen and oxygen atoms in total.